The molecule has 0 atom stereocenters. The van der Waals surface area contributed by atoms with Crippen LogP contribution in [0.2, 0.25) is 0 Å². The quantitative estimate of drug-likeness (QED) is 0.165. The van der Waals surface area contributed by atoms with Crippen molar-refractivity contribution in [1.29, 1.82) is 0 Å². The summed E-state index contributed by atoms with van der Waals surface area (Å²) < 4.78 is 0. The average Bonchev–Trinajstić information content (AvgIpc) is 2.95. The summed E-state index contributed by atoms with van der Waals surface area (Å²) in [6.45, 7) is 2.24. The molecule has 1 aliphatic carbocycles. The van der Waals surface area contributed by atoms with Gasteiger partial charge in [-0.1, -0.05) is 98.9 Å². The topological polar surface area (TPSA) is 54.4 Å². The van der Waals surface area contributed by atoms with Crippen molar-refractivity contribution in [2.75, 3.05) is 0 Å². The minimum absolute atomic E-state index is 0.115. The van der Waals surface area contributed by atoms with Crippen LogP contribution < -0.4 is 0 Å². The number of carbonyl (C=O) groups excluding carboxylic acids is 2. The summed E-state index contributed by atoms with van der Waals surface area (Å²) >= 11 is 2.96. The second-order valence-corrected chi connectivity index (χ2v) is 12.1. The summed E-state index contributed by atoms with van der Waals surface area (Å²) in [4.78, 5) is 31.0. The SMILES string of the molecule is CCCCCCCCc1ccc(Sc2cccc3c2C(=O)c2cccc(Sc4ccc(O)cc4)c2C3=O)cc1. The Hall–Kier alpha value is -3.28. The molecular weight excluding hydrogens is 521 g/mol. The van der Waals surface area contributed by atoms with E-state index in [1.165, 1.54) is 67.6 Å². The Bertz CT molecular complexity index is 1470. The molecule has 0 heterocycles. The zero-order valence-corrected chi connectivity index (χ0v) is 23.7. The predicted octanol–water partition coefficient (Wildman–Crippen LogP) is 9.37. The highest BCUT2D eigenvalue weighted by Gasteiger charge is 2.33. The highest BCUT2D eigenvalue weighted by Crippen LogP contribution is 2.41. The molecule has 198 valence electrons. The van der Waals surface area contributed by atoms with E-state index in [1.807, 2.05) is 24.3 Å². The Morgan fingerprint density at radius 1 is 0.590 bits per heavy atom. The van der Waals surface area contributed by atoms with Gasteiger partial charge in [-0.2, -0.15) is 0 Å². The summed E-state index contributed by atoms with van der Waals surface area (Å²) in [5.74, 6) is -0.0548. The number of phenols is 1. The number of aryl methyl sites for hydroxylation is 1. The van der Waals surface area contributed by atoms with Gasteiger partial charge in [0.15, 0.2) is 11.6 Å². The van der Waals surface area contributed by atoms with Gasteiger partial charge in [-0.25, -0.2) is 0 Å². The number of benzene rings is 4. The van der Waals surface area contributed by atoms with Crippen LogP contribution in [0.15, 0.2) is 105 Å². The minimum atomic E-state index is -0.127. The summed E-state index contributed by atoms with van der Waals surface area (Å²) in [6, 6.07) is 26.4. The van der Waals surface area contributed by atoms with Crippen LogP contribution in [-0.4, -0.2) is 16.7 Å². The number of hydrogen-bond donors (Lipinski definition) is 1. The maximum atomic E-state index is 13.8. The lowest BCUT2D eigenvalue weighted by atomic mass is 9.84. The number of unbranched alkanes of at least 4 members (excludes halogenated alkanes) is 5. The molecule has 0 aromatic heterocycles. The van der Waals surface area contributed by atoms with E-state index < -0.39 is 0 Å². The second-order valence-electron chi connectivity index (χ2n) is 9.88. The third kappa shape index (κ3) is 6.32. The van der Waals surface area contributed by atoms with Gasteiger partial charge in [0.05, 0.1) is 0 Å². The molecule has 5 rings (SSSR count). The highest BCUT2D eigenvalue weighted by atomic mass is 32.2. The first-order valence-corrected chi connectivity index (χ1v) is 15.3. The molecule has 0 aliphatic heterocycles. The Balaban J connectivity index is 1.34. The number of aromatic hydroxyl groups is 1. The Kier molecular flexibility index (Phi) is 8.90. The fraction of sp³-hybridized carbons (Fsp3) is 0.235. The van der Waals surface area contributed by atoms with Crippen LogP contribution in [0.4, 0.5) is 0 Å². The van der Waals surface area contributed by atoms with Crippen LogP contribution in [0.5, 0.6) is 5.75 Å². The van der Waals surface area contributed by atoms with E-state index in [4.69, 9.17) is 0 Å². The van der Waals surface area contributed by atoms with Crippen molar-refractivity contribution in [1.82, 2.24) is 0 Å². The maximum Gasteiger partial charge on any atom is 0.195 e. The Morgan fingerprint density at radius 3 is 1.62 bits per heavy atom. The molecule has 1 N–H and O–H groups in total. The Morgan fingerprint density at radius 2 is 1.08 bits per heavy atom. The molecule has 0 bridgehead atoms. The van der Waals surface area contributed by atoms with E-state index >= 15 is 0 Å². The van der Waals surface area contributed by atoms with Crippen molar-refractivity contribution < 1.29 is 14.7 Å². The first kappa shape index (κ1) is 27.3. The lowest BCUT2D eigenvalue weighted by Crippen LogP contribution is -2.22. The zero-order valence-electron chi connectivity index (χ0n) is 22.1. The van der Waals surface area contributed by atoms with Crippen LogP contribution in [-0.2, 0) is 6.42 Å². The third-order valence-electron chi connectivity index (χ3n) is 7.03. The van der Waals surface area contributed by atoms with Crippen molar-refractivity contribution in [3.63, 3.8) is 0 Å². The van der Waals surface area contributed by atoms with Gasteiger partial charge in [0.2, 0.25) is 0 Å². The van der Waals surface area contributed by atoms with E-state index in [2.05, 4.69) is 31.2 Å². The van der Waals surface area contributed by atoms with Crippen molar-refractivity contribution in [2.24, 2.45) is 0 Å². The van der Waals surface area contributed by atoms with Crippen LogP contribution in [0, 0.1) is 0 Å². The van der Waals surface area contributed by atoms with Gasteiger partial charge in [-0.3, -0.25) is 9.59 Å². The largest absolute Gasteiger partial charge is 0.508 e. The molecule has 4 aromatic carbocycles. The normalized spacial score (nSPS) is 12.3. The van der Waals surface area contributed by atoms with E-state index in [0.717, 1.165) is 26.0 Å². The fourth-order valence-corrected chi connectivity index (χ4v) is 6.91. The summed E-state index contributed by atoms with van der Waals surface area (Å²) in [6.07, 6.45) is 8.83. The van der Waals surface area contributed by atoms with Gasteiger partial charge in [0, 0.05) is 41.8 Å². The number of phenolic OH excluding ortho intramolecular Hbond substituents is 1. The van der Waals surface area contributed by atoms with Gasteiger partial charge in [-0.05, 0) is 66.9 Å². The monoisotopic (exact) mass is 552 g/mol. The molecule has 0 radical (unpaired) electrons. The van der Waals surface area contributed by atoms with Gasteiger partial charge in [0.25, 0.3) is 0 Å². The standard InChI is InChI=1S/C34H32O3S2/c1-2-3-4-5-6-7-10-23-15-19-25(20-16-23)38-29-13-8-11-27-31(29)33(36)28-12-9-14-30(32(28)34(27)37)39-26-21-17-24(35)18-22-26/h8-9,11-22,35H,2-7,10H2,1H3. The van der Waals surface area contributed by atoms with E-state index in [-0.39, 0.29) is 17.3 Å². The second kappa shape index (κ2) is 12.7. The first-order chi connectivity index (χ1) is 19.0. The zero-order chi connectivity index (χ0) is 27.2. The van der Waals surface area contributed by atoms with Crippen LogP contribution in [0.1, 0.15) is 82.9 Å². The molecule has 5 heteroatoms. The van der Waals surface area contributed by atoms with Crippen molar-refractivity contribution >= 4 is 35.1 Å². The van der Waals surface area contributed by atoms with Crippen LogP contribution in [0.3, 0.4) is 0 Å². The first-order valence-electron chi connectivity index (χ1n) is 13.6. The van der Waals surface area contributed by atoms with Crippen molar-refractivity contribution in [3.05, 3.63) is 113 Å². The van der Waals surface area contributed by atoms with Gasteiger partial charge >= 0.3 is 0 Å². The molecule has 39 heavy (non-hydrogen) atoms. The molecule has 3 nitrogen and oxygen atoms in total. The lowest BCUT2D eigenvalue weighted by Gasteiger charge is -2.22. The Labute approximate surface area is 239 Å². The predicted molar refractivity (Wildman–Crippen MR) is 160 cm³/mol. The number of fused-ring (bicyclic) bond motifs is 2. The number of carbonyl (C=O) groups is 2. The summed E-state index contributed by atoms with van der Waals surface area (Å²) in [7, 11) is 0. The molecule has 0 spiro atoms. The molecule has 0 fully saturated rings. The molecular formula is C34H32O3S2. The van der Waals surface area contributed by atoms with Crippen LogP contribution in [0.25, 0.3) is 0 Å². The smallest absolute Gasteiger partial charge is 0.195 e. The van der Waals surface area contributed by atoms with Gasteiger partial charge < -0.3 is 5.11 Å². The van der Waals surface area contributed by atoms with E-state index in [1.54, 1.807) is 36.4 Å². The van der Waals surface area contributed by atoms with E-state index in [9.17, 15) is 14.7 Å². The number of hydrogen-bond acceptors (Lipinski definition) is 5. The molecule has 0 amide bonds. The number of ketones is 2. The third-order valence-corrected chi connectivity index (χ3v) is 9.17. The summed E-state index contributed by atoms with van der Waals surface area (Å²) in [5, 5.41) is 9.60. The number of rotatable bonds is 11. The maximum absolute atomic E-state index is 13.8. The molecule has 0 saturated heterocycles. The van der Waals surface area contributed by atoms with Gasteiger partial charge in [0.1, 0.15) is 5.75 Å². The fourth-order valence-electron chi connectivity index (χ4n) is 4.95. The molecule has 0 saturated carbocycles. The highest BCUT2D eigenvalue weighted by molar-refractivity contribution is 7.99. The van der Waals surface area contributed by atoms with Crippen LogP contribution >= 0.6 is 23.5 Å². The van der Waals surface area contributed by atoms with Crippen molar-refractivity contribution in [3.8, 4) is 5.75 Å². The average molecular weight is 553 g/mol. The molecule has 0 unspecified atom stereocenters. The molecule has 1 aliphatic rings. The van der Waals surface area contributed by atoms with Gasteiger partial charge in [-0.15, -0.1) is 0 Å². The van der Waals surface area contributed by atoms with E-state index in [0.29, 0.717) is 22.3 Å². The molecule has 4 aromatic rings. The summed E-state index contributed by atoms with van der Waals surface area (Å²) in [5.41, 5.74) is 3.18. The minimum Gasteiger partial charge on any atom is -0.508 e. The van der Waals surface area contributed by atoms with Crippen molar-refractivity contribution in [2.45, 2.75) is 71.5 Å². The lowest BCUT2D eigenvalue weighted by molar-refractivity contribution is 0.0974.